The summed E-state index contributed by atoms with van der Waals surface area (Å²) in [5.74, 6) is -0.0795. The maximum atomic E-state index is 12.9. The number of carbonyl (C=O) groups excluding carboxylic acids is 1. The Hall–Kier alpha value is -1.63. The van der Waals surface area contributed by atoms with E-state index in [0.29, 0.717) is 11.7 Å². The Morgan fingerprint density at radius 3 is 2.59 bits per heavy atom. The number of aromatic nitrogens is 3. The quantitative estimate of drug-likeness (QED) is 0.819. The monoisotopic (exact) mass is 411 g/mol. The molecular weight excluding hydrogens is 385 g/mol. The van der Waals surface area contributed by atoms with Crippen molar-refractivity contribution in [3.8, 4) is 0 Å². The molecule has 148 valence electrons. The van der Waals surface area contributed by atoms with Gasteiger partial charge in [0.25, 0.3) is 5.91 Å². The highest BCUT2D eigenvalue weighted by molar-refractivity contribution is 6.30. The first kappa shape index (κ1) is 21.7. The number of benzene rings is 1. The second-order valence-corrected chi connectivity index (χ2v) is 7.48. The van der Waals surface area contributed by atoms with Gasteiger partial charge in [-0.15, -0.1) is 17.5 Å². The van der Waals surface area contributed by atoms with Crippen LogP contribution in [-0.2, 0) is 6.42 Å². The van der Waals surface area contributed by atoms with Crippen molar-refractivity contribution in [2.75, 3.05) is 20.1 Å². The van der Waals surface area contributed by atoms with E-state index in [1.807, 2.05) is 49.8 Å². The summed E-state index contributed by atoms with van der Waals surface area (Å²) in [6, 6.07) is 8.11. The molecule has 1 aromatic carbocycles. The van der Waals surface area contributed by atoms with Crippen molar-refractivity contribution in [1.82, 2.24) is 25.2 Å². The van der Waals surface area contributed by atoms with Gasteiger partial charge in [-0.3, -0.25) is 4.79 Å². The molecule has 1 fully saturated rings. The summed E-state index contributed by atoms with van der Waals surface area (Å²) in [5, 5.41) is 12.5. The van der Waals surface area contributed by atoms with Crippen LogP contribution < -0.4 is 5.32 Å². The zero-order chi connectivity index (χ0) is 18.7. The van der Waals surface area contributed by atoms with Gasteiger partial charge in [0.1, 0.15) is 0 Å². The molecule has 1 aromatic heterocycles. The minimum Gasteiger partial charge on any atom is -0.337 e. The number of amides is 1. The number of piperidine rings is 1. The molecule has 27 heavy (non-hydrogen) atoms. The normalized spacial score (nSPS) is 15.9. The van der Waals surface area contributed by atoms with Crippen molar-refractivity contribution in [1.29, 1.82) is 0 Å². The molecule has 3 rings (SSSR count). The van der Waals surface area contributed by atoms with Gasteiger partial charge >= 0.3 is 0 Å². The number of hydrogen-bond donors (Lipinski definition) is 1. The van der Waals surface area contributed by atoms with Gasteiger partial charge in [0.15, 0.2) is 5.69 Å². The number of carbonyl (C=O) groups is 1. The lowest BCUT2D eigenvalue weighted by atomic mass is 10.1. The first-order valence-electron chi connectivity index (χ1n) is 9.11. The molecule has 0 aliphatic carbocycles. The van der Waals surface area contributed by atoms with E-state index in [1.165, 1.54) is 0 Å². The van der Waals surface area contributed by atoms with E-state index in [9.17, 15) is 4.79 Å². The van der Waals surface area contributed by atoms with Crippen LogP contribution in [0.1, 0.15) is 47.6 Å². The second-order valence-electron chi connectivity index (χ2n) is 7.04. The Morgan fingerprint density at radius 1 is 1.33 bits per heavy atom. The van der Waals surface area contributed by atoms with Crippen molar-refractivity contribution >= 4 is 29.9 Å². The highest BCUT2D eigenvalue weighted by atomic mass is 35.5. The van der Waals surface area contributed by atoms with Crippen LogP contribution in [0.3, 0.4) is 0 Å². The average Bonchev–Trinajstić information content (AvgIpc) is 3.04. The second kappa shape index (κ2) is 9.53. The predicted molar refractivity (Wildman–Crippen MR) is 110 cm³/mol. The first-order valence-corrected chi connectivity index (χ1v) is 9.49. The molecule has 8 heteroatoms. The molecule has 1 aliphatic rings. The van der Waals surface area contributed by atoms with E-state index in [1.54, 1.807) is 4.90 Å². The van der Waals surface area contributed by atoms with Crippen molar-refractivity contribution in [2.24, 2.45) is 0 Å². The molecule has 0 spiro atoms. The highest BCUT2D eigenvalue weighted by Crippen LogP contribution is 2.21. The number of halogens is 2. The SMILES string of the molecule is Cc1c(C(=O)N(C)C(C)Cc2ccc(Cl)cc2)nnn1C1CCNCC1.Cl. The predicted octanol–water partition coefficient (Wildman–Crippen LogP) is 3.29. The average molecular weight is 412 g/mol. The zero-order valence-corrected chi connectivity index (χ0v) is 17.6. The number of nitrogens with one attached hydrogen (secondary N) is 1. The van der Waals surface area contributed by atoms with E-state index in [2.05, 4.69) is 15.6 Å². The molecule has 1 aliphatic heterocycles. The van der Waals surface area contributed by atoms with Gasteiger partial charge in [-0.2, -0.15) is 0 Å². The maximum Gasteiger partial charge on any atom is 0.276 e. The summed E-state index contributed by atoms with van der Waals surface area (Å²) in [6.45, 7) is 5.93. The van der Waals surface area contributed by atoms with E-state index in [0.717, 1.165) is 48.6 Å². The van der Waals surface area contributed by atoms with E-state index >= 15 is 0 Å². The smallest absolute Gasteiger partial charge is 0.276 e. The lowest BCUT2D eigenvalue weighted by Gasteiger charge is -2.25. The molecule has 1 atom stereocenters. The summed E-state index contributed by atoms with van der Waals surface area (Å²) in [4.78, 5) is 14.7. The molecule has 1 amide bonds. The lowest BCUT2D eigenvalue weighted by Crippen LogP contribution is -2.37. The van der Waals surface area contributed by atoms with Crippen molar-refractivity contribution in [2.45, 2.75) is 45.2 Å². The minimum absolute atomic E-state index is 0. The van der Waals surface area contributed by atoms with Crippen LogP contribution >= 0.6 is 24.0 Å². The summed E-state index contributed by atoms with van der Waals surface area (Å²) in [5.41, 5.74) is 2.46. The zero-order valence-electron chi connectivity index (χ0n) is 16.0. The van der Waals surface area contributed by atoms with E-state index < -0.39 is 0 Å². The Kier molecular flexibility index (Phi) is 7.65. The van der Waals surface area contributed by atoms with Crippen LogP contribution in [0.4, 0.5) is 0 Å². The summed E-state index contributed by atoms with van der Waals surface area (Å²) >= 11 is 5.94. The third-order valence-electron chi connectivity index (χ3n) is 5.21. The van der Waals surface area contributed by atoms with Crippen LogP contribution in [-0.4, -0.2) is 52.0 Å². The Labute approximate surface area is 171 Å². The molecule has 0 saturated carbocycles. The number of rotatable bonds is 5. The van der Waals surface area contributed by atoms with Crippen LogP contribution in [0.25, 0.3) is 0 Å². The Bertz CT molecular complexity index is 756. The van der Waals surface area contributed by atoms with Gasteiger partial charge in [-0.1, -0.05) is 28.9 Å². The van der Waals surface area contributed by atoms with Gasteiger partial charge in [0, 0.05) is 18.1 Å². The van der Waals surface area contributed by atoms with Crippen molar-refractivity contribution < 1.29 is 4.79 Å². The summed E-state index contributed by atoms with van der Waals surface area (Å²) in [7, 11) is 1.83. The summed E-state index contributed by atoms with van der Waals surface area (Å²) in [6.07, 6.45) is 2.79. The van der Waals surface area contributed by atoms with Crippen molar-refractivity contribution in [3.05, 3.63) is 46.2 Å². The lowest BCUT2D eigenvalue weighted by molar-refractivity contribution is 0.0736. The third kappa shape index (κ3) is 5.00. The number of likely N-dealkylation sites (N-methyl/N-ethyl adjacent to an activating group) is 1. The largest absolute Gasteiger partial charge is 0.337 e. The number of nitrogens with zero attached hydrogens (tertiary/aromatic N) is 4. The van der Waals surface area contributed by atoms with Gasteiger partial charge in [-0.05, 0) is 63.9 Å². The highest BCUT2D eigenvalue weighted by Gasteiger charge is 2.26. The van der Waals surface area contributed by atoms with E-state index in [-0.39, 0.29) is 24.4 Å². The molecule has 2 aromatic rings. The molecule has 1 unspecified atom stereocenters. The van der Waals surface area contributed by atoms with Gasteiger partial charge < -0.3 is 10.2 Å². The first-order chi connectivity index (χ1) is 12.5. The van der Waals surface area contributed by atoms with E-state index in [4.69, 9.17) is 11.6 Å². The Morgan fingerprint density at radius 2 is 1.96 bits per heavy atom. The maximum absolute atomic E-state index is 12.9. The van der Waals surface area contributed by atoms with Gasteiger partial charge in [0.2, 0.25) is 0 Å². The molecule has 1 N–H and O–H groups in total. The van der Waals surface area contributed by atoms with Crippen LogP contribution in [0.2, 0.25) is 5.02 Å². The third-order valence-corrected chi connectivity index (χ3v) is 5.46. The molecular formula is C19H27Cl2N5O. The summed E-state index contributed by atoms with van der Waals surface area (Å²) < 4.78 is 1.92. The standard InChI is InChI=1S/C19H26ClN5O.ClH/c1-13(12-15-4-6-16(20)7-5-15)24(3)19(26)18-14(2)25(23-22-18)17-8-10-21-11-9-17;/h4-7,13,17,21H,8-12H2,1-3H3;1H. The topological polar surface area (TPSA) is 63.1 Å². The van der Waals surface area contributed by atoms with Crippen LogP contribution in [0, 0.1) is 6.92 Å². The van der Waals surface area contributed by atoms with Crippen LogP contribution in [0.15, 0.2) is 24.3 Å². The number of hydrogen-bond acceptors (Lipinski definition) is 4. The fourth-order valence-corrected chi connectivity index (χ4v) is 3.53. The minimum atomic E-state index is -0.0795. The fourth-order valence-electron chi connectivity index (χ4n) is 3.40. The van der Waals surface area contributed by atoms with Crippen molar-refractivity contribution in [3.63, 3.8) is 0 Å². The Balaban J connectivity index is 0.00000261. The molecule has 6 nitrogen and oxygen atoms in total. The van der Waals surface area contributed by atoms with Gasteiger partial charge in [-0.25, -0.2) is 4.68 Å². The molecule has 0 bridgehead atoms. The van der Waals surface area contributed by atoms with Crippen LogP contribution in [0.5, 0.6) is 0 Å². The molecule has 1 saturated heterocycles. The molecule has 2 heterocycles. The van der Waals surface area contributed by atoms with Gasteiger partial charge in [0.05, 0.1) is 11.7 Å². The molecule has 0 radical (unpaired) electrons. The fraction of sp³-hybridized carbons (Fsp3) is 0.526.